The zero-order chi connectivity index (χ0) is 14.3. The van der Waals surface area contributed by atoms with Crippen LogP contribution in [-0.4, -0.2) is 30.0 Å². The van der Waals surface area contributed by atoms with Crippen LogP contribution in [0.2, 0.25) is 0 Å². The van der Waals surface area contributed by atoms with E-state index in [0.29, 0.717) is 11.6 Å². The zero-order valence-corrected chi connectivity index (χ0v) is 10.9. The number of hydrogen-bond acceptors (Lipinski definition) is 5. The molecule has 1 aromatic carbocycles. The Morgan fingerprint density at radius 3 is 2.60 bits per heavy atom. The van der Waals surface area contributed by atoms with Gasteiger partial charge in [0, 0.05) is 5.69 Å². The molecule has 0 saturated heterocycles. The Balaban J connectivity index is 2.15. The van der Waals surface area contributed by atoms with E-state index in [-0.39, 0.29) is 5.69 Å². The number of aryl methyl sites for hydroxylation is 2. The van der Waals surface area contributed by atoms with Gasteiger partial charge in [0.05, 0.1) is 17.1 Å². The molecule has 2 aromatic heterocycles. The maximum atomic E-state index is 13.2. The second kappa shape index (κ2) is 4.41. The molecule has 2 N–H and O–H groups in total. The third-order valence-corrected chi connectivity index (χ3v) is 2.88. The summed E-state index contributed by atoms with van der Waals surface area (Å²) in [4.78, 5) is 0. The first-order valence-electron chi connectivity index (χ1n) is 5.93. The number of nitrogens with two attached hydrogens (primary N) is 1. The number of anilines is 1. The summed E-state index contributed by atoms with van der Waals surface area (Å²) in [6.07, 6.45) is 0. The molecule has 2 heterocycles. The van der Waals surface area contributed by atoms with Gasteiger partial charge >= 0.3 is 0 Å². The standard InChI is InChI=1S/C12H12FN7/c1-7-5-8(2)19(16-7)12-15-17-18-20(12)9-3-4-10(13)11(14)6-9/h3-6H,14H2,1-2H3. The van der Waals surface area contributed by atoms with Crippen LogP contribution in [-0.2, 0) is 0 Å². The number of nitrogen functional groups attached to an aromatic ring is 1. The summed E-state index contributed by atoms with van der Waals surface area (Å²) in [7, 11) is 0. The van der Waals surface area contributed by atoms with Crippen molar-refractivity contribution in [2.45, 2.75) is 13.8 Å². The molecule has 0 bridgehead atoms. The van der Waals surface area contributed by atoms with Crippen LogP contribution in [0.15, 0.2) is 24.3 Å². The Morgan fingerprint density at radius 1 is 1.15 bits per heavy atom. The summed E-state index contributed by atoms with van der Waals surface area (Å²) in [5.41, 5.74) is 7.93. The fourth-order valence-electron chi connectivity index (χ4n) is 1.98. The van der Waals surface area contributed by atoms with Gasteiger partial charge in [0.1, 0.15) is 5.82 Å². The molecule has 8 heteroatoms. The minimum atomic E-state index is -0.477. The Hall–Kier alpha value is -2.77. The molecule has 0 radical (unpaired) electrons. The number of hydrogen-bond donors (Lipinski definition) is 1. The number of benzene rings is 1. The SMILES string of the molecule is Cc1cc(C)n(-c2nnnn2-c2ccc(F)c(N)c2)n1. The summed E-state index contributed by atoms with van der Waals surface area (Å²) in [6, 6.07) is 6.22. The Labute approximate surface area is 113 Å². The van der Waals surface area contributed by atoms with E-state index in [2.05, 4.69) is 20.6 Å². The molecule has 3 aromatic rings. The summed E-state index contributed by atoms with van der Waals surface area (Å²) >= 11 is 0. The van der Waals surface area contributed by atoms with Crippen LogP contribution >= 0.6 is 0 Å². The molecule has 0 aliphatic rings. The molecule has 7 nitrogen and oxygen atoms in total. The molecule has 20 heavy (non-hydrogen) atoms. The van der Waals surface area contributed by atoms with Gasteiger partial charge in [0.25, 0.3) is 5.95 Å². The Kier molecular flexibility index (Phi) is 2.70. The van der Waals surface area contributed by atoms with Crippen LogP contribution in [0.1, 0.15) is 11.4 Å². The largest absolute Gasteiger partial charge is 0.396 e. The number of aromatic nitrogens is 6. The molecule has 0 atom stereocenters. The molecular weight excluding hydrogens is 261 g/mol. The minimum Gasteiger partial charge on any atom is -0.396 e. The molecule has 0 saturated carbocycles. The Bertz CT molecular complexity index is 774. The van der Waals surface area contributed by atoms with Gasteiger partial charge in [-0.15, -0.1) is 0 Å². The van der Waals surface area contributed by atoms with Crippen molar-refractivity contribution >= 4 is 5.69 Å². The van der Waals surface area contributed by atoms with E-state index in [0.717, 1.165) is 11.4 Å². The highest BCUT2D eigenvalue weighted by atomic mass is 19.1. The highest BCUT2D eigenvalue weighted by Crippen LogP contribution is 2.18. The van der Waals surface area contributed by atoms with Crippen molar-refractivity contribution in [2.24, 2.45) is 0 Å². The highest BCUT2D eigenvalue weighted by molar-refractivity contribution is 5.49. The monoisotopic (exact) mass is 273 g/mol. The van der Waals surface area contributed by atoms with E-state index < -0.39 is 5.82 Å². The van der Waals surface area contributed by atoms with Crippen LogP contribution in [0.5, 0.6) is 0 Å². The first-order valence-corrected chi connectivity index (χ1v) is 5.93. The lowest BCUT2D eigenvalue weighted by molar-refractivity contribution is 0.631. The van der Waals surface area contributed by atoms with E-state index in [1.165, 1.54) is 16.8 Å². The summed E-state index contributed by atoms with van der Waals surface area (Å²) in [5, 5.41) is 15.8. The molecule has 102 valence electrons. The van der Waals surface area contributed by atoms with Gasteiger partial charge in [-0.3, -0.25) is 0 Å². The summed E-state index contributed by atoms with van der Waals surface area (Å²) < 4.78 is 16.3. The fraction of sp³-hybridized carbons (Fsp3) is 0.167. The molecule has 0 aliphatic heterocycles. The van der Waals surface area contributed by atoms with Crippen molar-refractivity contribution in [3.63, 3.8) is 0 Å². The van der Waals surface area contributed by atoms with E-state index in [9.17, 15) is 4.39 Å². The molecule has 0 aliphatic carbocycles. The van der Waals surface area contributed by atoms with Gasteiger partial charge in [0.15, 0.2) is 0 Å². The maximum absolute atomic E-state index is 13.2. The summed E-state index contributed by atoms with van der Waals surface area (Å²) in [6.45, 7) is 3.78. The Morgan fingerprint density at radius 2 is 1.95 bits per heavy atom. The topological polar surface area (TPSA) is 87.4 Å². The normalized spacial score (nSPS) is 10.9. The van der Waals surface area contributed by atoms with Crippen LogP contribution in [0.3, 0.4) is 0 Å². The fourth-order valence-corrected chi connectivity index (χ4v) is 1.98. The number of rotatable bonds is 2. The van der Waals surface area contributed by atoms with Gasteiger partial charge in [-0.1, -0.05) is 5.10 Å². The highest BCUT2D eigenvalue weighted by Gasteiger charge is 2.14. The third-order valence-electron chi connectivity index (χ3n) is 2.88. The lowest BCUT2D eigenvalue weighted by Crippen LogP contribution is -2.10. The zero-order valence-electron chi connectivity index (χ0n) is 10.9. The average molecular weight is 273 g/mol. The number of tetrazole rings is 1. The molecule has 0 amide bonds. The van der Waals surface area contributed by atoms with Gasteiger partial charge < -0.3 is 5.73 Å². The lowest BCUT2D eigenvalue weighted by Gasteiger charge is -2.06. The second-order valence-corrected chi connectivity index (χ2v) is 4.44. The van der Waals surface area contributed by atoms with Crippen molar-refractivity contribution in [3.8, 4) is 11.6 Å². The van der Waals surface area contributed by atoms with Gasteiger partial charge in [-0.25, -0.2) is 9.07 Å². The average Bonchev–Trinajstić information content (AvgIpc) is 2.99. The van der Waals surface area contributed by atoms with Crippen molar-refractivity contribution < 1.29 is 4.39 Å². The summed E-state index contributed by atoms with van der Waals surface area (Å²) in [5.74, 6) is -0.0592. The van der Waals surface area contributed by atoms with Crippen molar-refractivity contribution in [1.82, 2.24) is 30.0 Å². The first-order chi connectivity index (χ1) is 9.56. The first kappa shape index (κ1) is 12.3. The van der Waals surface area contributed by atoms with Crippen molar-refractivity contribution in [3.05, 3.63) is 41.5 Å². The molecule has 0 spiro atoms. The second-order valence-electron chi connectivity index (χ2n) is 4.44. The molecule has 0 unspecified atom stereocenters. The van der Waals surface area contributed by atoms with Gasteiger partial charge in [-0.2, -0.15) is 9.78 Å². The minimum absolute atomic E-state index is 0.0392. The van der Waals surface area contributed by atoms with Crippen molar-refractivity contribution in [2.75, 3.05) is 5.73 Å². The van der Waals surface area contributed by atoms with E-state index in [4.69, 9.17) is 5.73 Å². The number of nitrogens with zero attached hydrogens (tertiary/aromatic N) is 6. The smallest absolute Gasteiger partial charge is 0.275 e. The van der Waals surface area contributed by atoms with Crippen LogP contribution in [0.25, 0.3) is 11.6 Å². The third kappa shape index (κ3) is 1.91. The molecule has 0 fully saturated rings. The van der Waals surface area contributed by atoms with Gasteiger partial charge in [0.2, 0.25) is 0 Å². The van der Waals surface area contributed by atoms with E-state index in [1.807, 2.05) is 19.9 Å². The van der Waals surface area contributed by atoms with Gasteiger partial charge in [-0.05, 0) is 48.5 Å². The lowest BCUT2D eigenvalue weighted by atomic mass is 10.3. The van der Waals surface area contributed by atoms with Crippen LogP contribution in [0, 0.1) is 19.7 Å². The van der Waals surface area contributed by atoms with Crippen LogP contribution < -0.4 is 5.73 Å². The number of halogens is 1. The molecular formula is C12H12FN7. The van der Waals surface area contributed by atoms with E-state index in [1.54, 1.807) is 10.7 Å². The van der Waals surface area contributed by atoms with Crippen molar-refractivity contribution in [1.29, 1.82) is 0 Å². The predicted octanol–water partition coefficient (Wildman–Crippen LogP) is 1.19. The quantitative estimate of drug-likeness (QED) is 0.708. The maximum Gasteiger partial charge on any atom is 0.275 e. The van der Waals surface area contributed by atoms with Crippen LogP contribution in [0.4, 0.5) is 10.1 Å². The molecule has 3 rings (SSSR count). The predicted molar refractivity (Wildman–Crippen MR) is 70.1 cm³/mol. The van der Waals surface area contributed by atoms with E-state index >= 15 is 0 Å².